The number of aliphatic hydroxyl groups is 1. The molecule has 7 atom stereocenters. The summed E-state index contributed by atoms with van der Waals surface area (Å²) in [4.78, 5) is 43.4. The van der Waals surface area contributed by atoms with Crippen LogP contribution in [0, 0.1) is 24.7 Å². The second-order valence-electron chi connectivity index (χ2n) is 10.4. The lowest BCUT2D eigenvalue weighted by atomic mass is 9.70. The molecule has 10 heteroatoms. The van der Waals surface area contributed by atoms with E-state index >= 15 is 0 Å². The van der Waals surface area contributed by atoms with Crippen LogP contribution in [0.4, 0.5) is 5.69 Å². The topological polar surface area (TPSA) is 107 Å². The highest BCUT2D eigenvalue weighted by molar-refractivity contribution is 9.09. The molecule has 2 N–H and O–H groups in total. The van der Waals surface area contributed by atoms with E-state index in [4.69, 9.17) is 16.3 Å². The van der Waals surface area contributed by atoms with E-state index in [1.807, 2.05) is 26.8 Å². The number of nitrogens with zero attached hydrogens (tertiary/aromatic N) is 2. The Morgan fingerprint density at radius 1 is 1.42 bits per heavy atom. The molecule has 1 unspecified atom stereocenters. The van der Waals surface area contributed by atoms with Crippen molar-refractivity contribution < 1.29 is 29.3 Å². The molecule has 0 aromatic heterocycles. The van der Waals surface area contributed by atoms with Gasteiger partial charge in [-0.3, -0.25) is 14.4 Å². The van der Waals surface area contributed by atoms with Crippen LogP contribution in [0.5, 0.6) is 0 Å². The van der Waals surface area contributed by atoms with Gasteiger partial charge in [-0.15, -0.1) is 6.58 Å². The first-order valence-corrected chi connectivity index (χ1v) is 13.4. The van der Waals surface area contributed by atoms with Gasteiger partial charge in [-0.25, -0.2) is 0 Å². The Morgan fingerprint density at radius 2 is 2.11 bits per heavy atom. The van der Waals surface area contributed by atoms with E-state index in [-0.39, 0.29) is 23.9 Å². The maximum atomic E-state index is 14.5. The maximum Gasteiger partial charge on any atom is 0.310 e. The van der Waals surface area contributed by atoms with Crippen molar-refractivity contribution in [2.45, 2.75) is 62.2 Å². The number of carboxylic acids is 1. The van der Waals surface area contributed by atoms with E-state index in [1.165, 1.54) is 9.80 Å². The lowest BCUT2D eigenvalue weighted by Crippen LogP contribution is -2.59. The van der Waals surface area contributed by atoms with Gasteiger partial charge in [0.05, 0.1) is 41.3 Å². The number of amides is 2. The highest BCUT2D eigenvalue weighted by Crippen LogP contribution is 2.60. The van der Waals surface area contributed by atoms with Crippen molar-refractivity contribution in [3.8, 4) is 0 Å². The van der Waals surface area contributed by atoms with Gasteiger partial charge in [0.25, 0.3) is 5.91 Å². The normalized spacial score (nSPS) is 31.6. The summed E-state index contributed by atoms with van der Waals surface area (Å²) in [7, 11) is 0. The predicted octanol–water partition coefficient (Wildman–Crippen LogP) is 3.41. The predicted molar refractivity (Wildman–Crippen MR) is 139 cm³/mol. The number of aliphatic carboxylic acids is 1. The molecule has 4 rings (SSSR count). The van der Waals surface area contributed by atoms with Gasteiger partial charge in [-0.05, 0) is 37.3 Å². The van der Waals surface area contributed by atoms with Crippen LogP contribution in [0.3, 0.4) is 0 Å². The van der Waals surface area contributed by atoms with Gasteiger partial charge < -0.3 is 24.7 Å². The van der Waals surface area contributed by atoms with Gasteiger partial charge >= 0.3 is 5.97 Å². The molecule has 8 nitrogen and oxygen atoms in total. The number of ether oxygens (including phenoxy) is 1. The van der Waals surface area contributed by atoms with E-state index in [9.17, 15) is 24.6 Å². The highest BCUT2D eigenvalue weighted by atomic mass is 79.9. The molecule has 1 aromatic carbocycles. The monoisotopic (exact) mass is 582 g/mol. The van der Waals surface area contributed by atoms with E-state index in [1.54, 1.807) is 18.2 Å². The minimum absolute atomic E-state index is 0.121. The fraction of sp³-hybridized carbons (Fsp3) is 0.577. The number of alkyl halides is 1. The zero-order chi connectivity index (χ0) is 26.5. The third-order valence-electron chi connectivity index (χ3n) is 7.63. The summed E-state index contributed by atoms with van der Waals surface area (Å²) in [6.45, 7) is 9.34. The number of para-hydroxylation sites is 1. The SMILES string of the molecule is C=CCN(C(=O)[C@H]1N([C@@H](CO)CC(C)C)C(=O)[C@@H]2[C@@H](C(=O)O)[C@@H]3O[C@@]21CC3Br)c1c(C)cccc1Cl. The van der Waals surface area contributed by atoms with Crippen molar-refractivity contribution in [1.82, 2.24) is 4.90 Å². The highest BCUT2D eigenvalue weighted by Gasteiger charge is 2.77. The minimum Gasteiger partial charge on any atom is -0.481 e. The van der Waals surface area contributed by atoms with Crippen molar-refractivity contribution in [1.29, 1.82) is 0 Å². The molecule has 0 saturated carbocycles. The number of hydrogen-bond donors (Lipinski definition) is 2. The fourth-order valence-electron chi connectivity index (χ4n) is 6.38. The number of carbonyl (C=O) groups is 3. The summed E-state index contributed by atoms with van der Waals surface area (Å²) in [5.74, 6) is -4.03. The second kappa shape index (κ2) is 10.1. The standard InChI is InChI=1S/C26H32BrClN2O6/c1-5-9-29(20-14(4)7-6-8-17(20)28)24(33)22-26-11-16(27)21(36-26)18(25(34)35)19(26)23(32)30(22)15(12-31)10-13(2)3/h5-8,13,15-16,18-19,21-22,31H,1,9-12H2,2-4H3,(H,34,35)/t15-,16?,18-,19+,21-,22-,26+/m1/s1. The van der Waals surface area contributed by atoms with Crippen LogP contribution in [0.2, 0.25) is 5.02 Å². The Balaban J connectivity index is 1.89. The summed E-state index contributed by atoms with van der Waals surface area (Å²) in [6, 6.07) is 3.52. The van der Waals surface area contributed by atoms with Crippen molar-refractivity contribution >= 4 is 51.0 Å². The molecule has 3 saturated heterocycles. The molecule has 36 heavy (non-hydrogen) atoms. The second-order valence-corrected chi connectivity index (χ2v) is 11.9. The molecular formula is C26H32BrClN2O6. The minimum atomic E-state index is -1.34. The molecule has 0 radical (unpaired) electrons. The molecule has 196 valence electrons. The number of fused-ring (bicyclic) bond motifs is 1. The number of aryl methyl sites for hydroxylation is 1. The number of benzene rings is 1. The molecule has 1 spiro atoms. The Morgan fingerprint density at radius 3 is 2.67 bits per heavy atom. The van der Waals surface area contributed by atoms with Crippen molar-refractivity contribution in [2.24, 2.45) is 17.8 Å². The van der Waals surface area contributed by atoms with Crippen LogP contribution < -0.4 is 4.90 Å². The first-order valence-electron chi connectivity index (χ1n) is 12.1. The Hall–Kier alpha value is -1.94. The van der Waals surface area contributed by atoms with E-state index < -0.39 is 53.4 Å². The van der Waals surface area contributed by atoms with Gasteiger partial charge in [0, 0.05) is 11.4 Å². The number of aliphatic hydroxyl groups excluding tert-OH is 1. The average Bonchev–Trinajstić information content (AvgIpc) is 3.39. The Kier molecular flexibility index (Phi) is 7.59. The van der Waals surface area contributed by atoms with Crippen molar-refractivity contribution in [3.63, 3.8) is 0 Å². The maximum absolute atomic E-state index is 14.5. The van der Waals surface area contributed by atoms with Crippen LogP contribution in [0.1, 0.15) is 32.3 Å². The Labute approximate surface area is 224 Å². The van der Waals surface area contributed by atoms with Gasteiger partial charge in [0.2, 0.25) is 5.91 Å². The summed E-state index contributed by atoms with van der Waals surface area (Å²) < 4.78 is 6.35. The molecule has 0 aliphatic carbocycles. The molecule has 3 heterocycles. The summed E-state index contributed by atoms with van der Waals surface area (Å²) in [6.07, 6.45) is 1.59. The number of carbonyl (C=O) groups excluding carboxylic acids is 2. The van der Waals surface area contributed by atoms with Crippen LogP contribution in [-0.4, -0.2) is 74.7 Å². The first-order chi connectivity index (χ1) is 17.0. The molecule has 2 amide bonds. The molecular weight excluding hydrogens is 552 g/mol. The third-order valence-corrected chi connectivity index (χ3v) is 8.78. The number of rotatable bonds is 9. The number of carboxylic acid groups (broad SMARTS) is 1. The number of likely N-dealkylation sites (tertiary alicyclic amines) is 1. The van der Waals surface area contributed by atoms with Crippen molar-refractivity contribution in [3.05, 3.63) is 41.4 Å². The third kappa shape index (κ3) is 4.08. The fourth-order valence-corrected chi connectivity index (χ4v) is 7.64. The molecule has 3 aliphatic heterocycles. The zero-order valence-electron chi connectivity index (χ0n) is 20.6. The quantitative estimate of drug-likeness (QED) is 0.341. The molecule has 3 fully saturated rings. The van der Waals surface area contributed by atoms with Gasteiger partial charge in [-0.2, -0.15) is 0 Å². The van der Waals surface area contributed by atoms with Crippen molar-refractivity contribution in [2.75, 3.05) is 18.1 Å². The van der Waals surface area contributed by atoms with E-state index in [0.29, 0.717) is 23.6 Å². The van der Waals surface area contributed by atoms with Gasteiger partial charge in [-0.1, -0.05) is 59.6 Å². The number of anilines is 1. The van der Waals surface area contributed by atoms with E-state index in [2.05, 4.69) is 22.5 Å². The summed E-state index contributed by atoms with van der Waals surface area (Å²) in [5, 5.41) is 20.8. The van der Waals surface area contributed by atoms with Crippen LogP contribution in [-0.2, 0) is 19.1 Å². The lowest BCUT2D eigenvalue weighted by Gasteiger charge is -2.40. The first kappa shape index (κ1) is 27.1. The van der Waals surface area contributed by atoms with Crippen LogP contribution in [0.25, 0.3) is 0 Å². The largest absolute Gasteiger partial charge is 0.481 e. The molecule has 2 bridgehead atoms. The number of halogens is 2. The summed E-state index contributed by atoms with van der Waals surface area (Å²) in [5.41, 5.74) is -0.0740. The zero-order valence-corrected chi connectivity index (χ0v) is 22.9. The molecule has 3 aliphatic rings. The van der Waals surface area contributed by atoms with Gasteiger partial charge in [0.1, 0.15) is 11.6 Å². The van der Waals surface area contributed by atoms with E-state index in [0.717, 1.165) is 5.56 Å². The average molecular weight is 584 g/mol. The Bertz CT molecular complexity index is 1060. The smallest absolute Gasteiger partial charge is 0.310 e. The van der Waals surface area contributed by atoms with Crippen LogP contribution in [0.15, 0.2) is 30.9 Å². The van der Waals surface area contributed by atoms with Gasteiger partial charge in [0.15, 0.2) is 0 Å². The molecule has 1 aromatic rings. The lowest BCUT2D eigenvalue weighted by molar-refractivity contribution is -0.151. The summed E-state index contributed by atoms with van der Waals surface area (Å²) >= 11 is 10.1. The van der Waals surface area contributed by atoms with Crippen LogP contribution >= 0.6 is 27.5 Å². The number of hydrogen-bond acceptors (Lipinski definition) is 5.